The van der Waals surface area contributed by atoms with Crippen molar-refractivity contribution in [1.82, 2.24) is 5.32 Å². The van der Waals surface area contributed by atoms with E-state index in [9.17, 15) is 9.59 Å². The molecule has 5 heteroatoms. The predicted molar refractivity (Wildman–Crippen MR) is 92.4 cm³/mol. The summed E-state index contributed by atoms with van der Waals surface area (Å²) in [6.45, 7) is 9.55. The summed E-state index contributed by atoms with van der Waals surface area (Å²) in [5.74, 6) is -0.993. The normalized spacial score (nSPS) is 21.3. The molecule has 2 atom stereocenters. The summed E-state index contributed by atoms with van der Waals surface area (Å²) < 4.78 is 5.93. The van der Waals surface area contributed by atoms with E-state index in [0.717, 1.165) is 25.0 Å². The molecule has 0 aliphatic carbocycles. The maximum absolute atomic E-state index is 12.4. The lowest BCUT2D eigenvalue weighted by Gasteiger charge is -2.40. The van der Waals surface area contributed by atoms with Gasteiger partial charge in [0.15, 0.2) is 0 Å². The van der Waals surface area contributed by atoms with Gasteiger partial charge in [0, 0.05) is 24.6 Å². The summed E-state index contributed by atoms with van der Waals surface area (Å²) in [5, 5.41) is 12.1. The molecule has 0 radical (unpaired) electrons. The quantitative estimate of drug-likeness (QED) is 0.887. The number of aromatic carboxylic acids is 1. The van der Waals surface area contributed by atoms with Crippen molar-refractivity contribution >= 4 is 11.9 Å². The molecule has 5 nitrogen and oxygen atoms in total. The number of carbonyl (C=O) groups excluding carboxylic acids is 1. The van der Waals surface area contributed by atoms with Crippen LogP contribution in [0.25, 0.3) is 0 Å². The zero-order chi connectivity index (χ0) is 17.9. The molecule has 1 aliphatic rings. The van der Waals surface area contributed by atoms with Crippen molar-refractivity contribution in [1.29, 1.82) is 0 Å². The van der Waals surface area contributed by atoms with Crippen LogP contribution in [0.1, 0.15) is 59.9 Å². The van der Waals surface area contributed by atoms with Gasteiger partial charge >= 0.3 is 5.97 Å². The SMILES string of the molecule is Cc1cc(C(=O)O)cc(C(=O)NCC2CCCOC2C(C)(C)C)c1. The molecule has 1 saturated heterocycles. The molecule has 24 heavy (non-hydrogen) atoms. The number of carboxylic acids is 1. The van der Waals surface area contributed by atoms with E-state index < -0.39 is 5.97 Å². The fraction of sp³-hybridized carbons (Fsp3) is 0.579. The fourth-order valence-electron chi connectivity index (χ4n) is 3.37. The smallest absolute Gasteiger partial charge is 0.335 e. The van der Waals surface area contributed by atoms with Crippen LogP contribution in [0.3, 0.4) is 0 Å². The lowest BCUT2D eigenvalue weighted by atomic mass is 9.78. The molecule has 1 aromatic rings. The van der Waals surface area contributed by atoms with E-state index in [1.807, 2.05) is 0 Å². The summed E-state index contributed by atoms with van der Waals surface area (Å²) in [5.41, 5.74) is 1.30. The Bertz CT molecular complexity index is 618. The number of carbonyl (C=O) groups is 2. The van der Waals surface area contributed by atoms with Gasteiger partial charge in [-0.25, -0.2) is 4.79 Å². The van der Waals surface area contributed by atoms with Gasteiger partial charge in [-0.3, -0.25) is 4.79 Å². The van der Waals surface area contributed by atoms with Crippen LogP contribution in [0, 0.1) is 18.3 Å². The highest BCUT2D eigenvalue weighted by molar-refractivity contribution is 5.97. The monoisotopic (exact) mass is 333 g/mol. The molecule has 2 unspecified atom stereocenters. The lowest BCUT2D eigenvalue weighted by Crippen LogP contribution is -2.45. The van der Waals surface area contributed by atoms with Gasteiger partial charge in [0.05, 0.1) is 11.7 Å². The lowest BCUT2D eigenvalue weighted by molar-refractivity contribution is -0.0839. The number of hydrogen-bond donors (Lipinski definition) is 2. The number of amides is 1. The first-order valence-electron chi connectivity index (χ1n) is 8.43. The van der Waals surface area contributed by atoms with Crippen molar-refractivity contribution in [2.24, 2.45) is 11.3 Å². The van der Waals surface area contributed by atoms with Gasteiger partial charge in [0.1, 0.15) is 0 Å². The Morgan fingerprint density at radius 3 is 2.54 bits per heavy atom. The zero-order valence-electron chi connectivity index (χ0n) is 14.9. The third-order valence-corrected chi connectivity index (χ3v) is 4.41. The molecule has 0 spiro atoms. The van der Waals surface area contributed by atoms with Crippen molar-refractivity contribution in [3.8, 4) is 0 Å². The maximum Gasteiger partial charge on any atom is 0.335 e. The second kappa shape index (κ2) is 7.34. The number of rotatable bonds is 4. The third kappa shape index (κ3) is 4.57. The molecular weight excluding hydrogens is 306 g/mol. The average Bonchev–Trinajstić information content (AvgIpc) is 2.51. The van der Waals surface area contributed by atoms with Crippen molar-refractivity contribution in [2.75, 3.05) is 13.2 Å². The molecule has 0 bridgehead atoms. The van der Waals surface area contributed by atoms with E-state index in [1.165, 1.54) is 6.07 Å². The molecule has 1 heterocycles. The Labute approximate surface area is 143 Å². The first-order valence-corrected chi connectivity index (χ1v) is 8.43. The van der Waals surface area contributed by atoms with Gasteiger partial charge in [0.25, 0.3) is 5.91 Å². The highest BCUT2D eigenvalue weighted by Gasteiger charge is 2.35. The number of ether oxygens (including phenoxy) is 1. The summed E-state index contributed by atoms with van der Waals surface area (Å²) >= 11 is 0. The van der Waals surface area contributed by atoms with Gasteiger partial charge in [-0.15, -0.1) is 0 Å². The zero-order valence-corrected chi connectivity index (χ0v) is 14.9. The number of hydrogen-bond acceptors (Lipinski definition) is 3. The number of carboxylic acid groups (broad SMARTS) is 1. The molecular formula is C19H27NO4. The highest BCUT2D eigenvalue weighted by atomic mass is 16.5. The van der Waals surface area contributed by atoms with Crippen LogP contribution in [0.15, 0.2) is 18.2 Å². The summed E-state index contributed by atoms with van der Waals surface area (Å²) in [6.07, 6.45) is 2.13. The summed E-state index contributed by atoms with van der Waals surface area (Å²) in [4.78, 5) is 23.6. The molecule has 132 valence electrons. The predicted octanol–water partition coefficient (Wildman–Crippen LogP) is 3.26. The second-order valence-electron chi connectivity index (χ2n) is 7.66. The van der Waals surface area contributed by atoms with Crippen LogP contribution in [0.5, 0.6) is 0 Å². The van der Waals surface area contributed by atoms with Crippen LogP contribution in [-0.2, 0) is 4.74 Å². The van der Waals surface area contributed by atoms with Crippen molar-refractivity contribution in [2.45, 2.75) is 46.6 Å². The van der Waals surface area contributed by atoms with E-state index >= 15 is 0 Å². The molecule has 0 aromatic heterocycles. The Hall–Kier alpha value is -1.88. The van der Waals surface area contributed by atoms with Crippen LogP contribution in [-0.4, -0.2) is 36.2 Å². The minimum absolute atomic E-state index is 0.0234. The first kappa shape index (κ1) is 18.5. The van der Waals surface area contributed by atoms with Gasteiger partial charge in [-0.05, 0) is 48.9 Å². The fourth-order valence-corrected chi connectivity index (χ4v) is 3.37. The third-order valence-electron chi connectivity index (χ3n) is 4.41. The van der Waals surface area contributed by atoms with Crippen LogP contribution >= 0.6 is 0 Å². The second-order valence-corrected chi connectivity index (χ2v) is 7.66. The van der Waals surface area contributed by atoms with Gasteiger partial charge < -0.3 is 15.2 Å². The highest BCUT2D eigenvalue weighted by Crippen LogP contribution is 2.33. The molecule has 1 fully saturated rings. The van der Waals surface area contributed by atoms with Crippen LogP contribution in [0.2, 0.25) is 0 Å². The van der Waals surface area contributed by atoms with Crippen LogP contribution < -0.4 is 5.32 Å². The molecule has 2 N–H and O–H groups in total. The van der Waals surface area contributed by atoms with Gasteiger partial charge in [-0.1, -0.05) is 20.8 Å². The van der Waals surface area contributed by atoms with Crippen molar-refractivity contribution in [3.63, 3.8) is 0 Å². The van der Waals surface area contributed by atoms with Gasteiger partial charge in [0.2, 0.25) is 0 Å². The summed E-state index contributed by atoms with van der Waals surface area (Å²) in [7, 11) is 0. The molecule has 0 saturated carbocycles. The average molecular weight is 333 g/mol. The topological polar surface area (TPSA) is 75.6 Å². The Balaban J connectivity index is 2.06. The van der Waals surface area contributed by atoms with E-state index in [4.69, 9.17) is 9.84 Å². The van der Waals surface area contributed by atoms with Crippen molar-refractivity contribution in [3.05, 3.63) is 34.9 Å². The first-order chi connectivity index (χ1) is 11.2. The molecule has 2 rings (SSSR count). The van der Waals surface area contributed by atoms with Gasteiger partial charge in [-0.2, -0.15) is 0 Å². The Kier molecular flexibility index (Phi) is 5.65. The van der Waals surface area contributed by atoms with E-state index in [0.29, 0.717) is 12.1 Å². The molecule has 1 aliphatic heterocycles. The maximum atomic E-state index is 12.4. The molecule has 1 amide bonds. The number of benzene rings is 1. The standard InChI is InChI=1S/C19H27NO4/c1-12-8-14(10-15(9-12)18(22)23)17(21)20-11-13-6-5-7-24-16(13)19(2,3)4/h8-10,13,16H,5-7,11H2,1-4H3,(H,20,21)(H,22,23). The Morgan fingerprint density at radius 2 is 1.92 bits per heavy atom. The minimum atomic E-state index is -1.03. The van der Waals surface area contributed by atoms with E-state index in [1.54, 1.807) is 19.1 Å². The number of aryl methyl sites for hydroxylation is 1. The largest absolute Gasteiger partial charge is 0.478 e. The van der Waals surface area contributed by atoms with E-state index in [-0.39, 0.29) is 28.9 Å². The Morgan fingerprint density at radius 1 is 1.25 bits per heavy atom. The minimum Gasteiger partial charge on any atom is -0.478 e. The van der Waals surface area contributed by atoms with E-state index in [2.05, 4.69) is 26.1 Å². The number of nitrogens with one attached hydrogen (secondary N) is 1. The van der Waals surface area contributed by atoms with Crippen molar-refractivity contribution < 1.29 is 19.4 Å². The summed E-state index contributed by atoms with van der Waals surface area (Å²) in [6, 6.07) is 4.69. The molecule has 1 aromatic carbocycles. The van der Waals surface area contributed by atoms with Crippen LogP contribution in [0.4, 0.5) is 0 Å².